The largest absolute Gasteiger partial charge is 0.472 e. The molecular formula is C13H19N3O3. The van der Waals surface area contributed by atoms with Crippen LogP contribution in [-0.2, 0) is 6.54 Å². The Bertz CT molecular complexity index is 499. The van der Waals surface area contributed by atoms with Crippen LogP contribution in [0.15, 0.2) is 27.5 Å². The van der Waals surface area contributed by atoms with Gasteiger partial charge < -0.3 is 14.0 Å². The molecule has 2 aromatic heterocycles. The van der Waals surface area contributed by atoms with Gasteiger partial charge in [0.05, 0.1) is 24.0 Å². The maximum atomic E-state index is 9.83. The molecule has 0 fully saturated rings. The van der Waals surface area contributed by atoms with E-state index < -0.39 is 5.60 Å². The van der Waals surface area contributed by atoms with E-state index in [2.05, 4.69) is 15.0 Å². The number of hydrogen-bond acceptors (Lipinski definition) is 6. The third-order valence-corrected chi connectivity index (χ3v) is 2.66. The van der Waals surface area contributed by atoms with Crippen molar-refractivity contribution in [3.63, 3.8) is 0 Å². The lowest BCUT2D eigenvalue weighted by Gasteiger charge is -2.26. The van der Waals surface area contributed by atoms with Crippen LogP contribution in [0, 0.1) is 0 Å². The molecular weight excluding hydrogens is 246 g/mol. The van der Waals surface area contributed by atoms with E-state index in [9.17, 15) is 5.11 Å². The lowest BCUT2D eigenvalue weighted by atomic mass is 10.1. The molecule has 0 radical (unpaired) electrons. The summed E-state index contributed by atoms with van der Waals surface area (Å²) in [5.41, 5.74) is 0.0249. The first-order valence-electron chi connectivity index (χ1n) is 6.28. The zero-order valence-electron chi connectivity index (χ0n) is 11.5. The smallest absolute Gasteiger partial charge is 0.261 e. The normalized spacial score (nSPS) is 12.3. The van der Waals surface area contributed by atoms with Crippen LogP contribution in [0.1, 0.15) is 26.6 Å². The molecule has 19 heavy (non-hydrogen) atoms. The zero-order chi connectivity index (χ0) is 13.9. The van der Waals surface area contributed by atoms with E-state index in [1.165, 1.54) is 0 Å². The van der Waals surface area contributed by atoms with Gasteiger partial charge in [0.15, 0.2) is 5.82 Å². The highest BCUT2D eigenvalue weighted by Gasteiger charge is 2.19. The highest BCUT2D eigenvalue weighted by atomic mass is 16.5. The lowest BCUT2D eigenvalue weighted by Crippen LogP contribution is -2.38. The van der Waals surface area contributed by atoms with Gasteiger partial charge in [-0.1, -0.05) is 12.1 Å². The molecule has 0 aromatic carbocycles. The molecule has 1 N–H and O–H groups in total. The van der Waals surface area contributed by atoms with Crippen molar-refractivity contribution < 1.29 is 14.0 Å². The Morgan fingerprint density at radius 2 is 2.21 bits per heavy atom. The molecule has 0 amide bonds. The maximum absolute atomic E-state index is 9.83. The SMILES string of the molecule is CCN(Cc1noc(-c2ccoc2)n1)CC(C)(C)O. The molecule has 6 heteroatoms. The van der Waals surface area contributed by atoms with Gasteiger partial charge in [-0.2, -0.15) is 4.98 Å². The summed E-state index contributed by atoms with van der Waals surface area (Å²) in [6, 6.07) is 1.77. The van der Waals surface area contributed by atoms with Crippen molar-refractivity contribution in [2.45, 2.75) is 32.9 Å². The molecule has 0 aliphatic rings. The number of furan rings is 1. The summed E-state index contributed by atoms with van der Waals surface area (Å²) < 4.78 is 10.1. The Morgan fingerprint density at radius 1 is 1.42 bits per heavy atom. The van der Waals surface area contributed by atoms with Crippen molar-refractivity contribution in [3.8, 4) is 11.5 Å². The van der Waals surface area contributed by atoms with Crippen LogP contribution >= 0.6 is 0 Å². The van der Waals surface area contributed by atoms with E-state index in [0.717, 1.165) is 12.1 Å². The number of aliphatic hydroxyl groups is 1. The van der Waals surface area contributed by atoms with Crippen LogP contribution in [0.2, 0.25) is 0 Å². The Labute approximate surface area is 112 Å². The number of nitrogens with zero attached hydrogens (tertiary/aromatic N) is 3. The van der Waals surface area contributed by atoms with Gasteiger partial charge in [0.2, 0.25) is 0 Å². The predicted molar refractivity (Wildman–Crippen MR) is 69.2 cm³/mol. The number of aromatic nitrogens is 2. The summed E-state index contributed by atoms with van der Waals surface area (Å²) in [5.74, 6) is 1.05. The van der Waals surface area contributed by atoms with Crippen molar-refractivity contribution in [1.82, 2.24) is 15.0 Å². The Balaban J connectivity index is 2.03. The molecule has 2 rings (SSSR count). The van der Waals surface area contributed by atoms with E-state index in [1.807, 2.05) is 6.92 Å². The van der Waals surface area contributed by atoms with Gasteiger partial charge in [-0.15, -0.1) is 0 Å². The van der Waals surface area contributed by atoms with Gasteiger partial charge in [0, 0.05) is 6.54 Å². The first-order chi connectivity index (χ1) is 8.98. The van der Waals surface area contributed by atoms with Gasteiger partial charge in [0.25, 0.3) is 5.89 Å². The molecule has 6 nitrogen and oxygen atoms in total. The molecule has 0 spiro atoms. The fourth-order valence-electron chi connectivity index (χ4n) is 1.85. The van der Waals surface area contributed by atoms with Crippen LogP contribution in [0.4, 0.5) is 0 Å². The molecule has 0 atom stereocenters. The van der Waals surface area contributed by atoms with E-state index in [1.54, 1.807) is 32.4 Å². The first-order valence-corrected chi connectivity index (χ1v) is 6.28. The van der Waals surface area contributed by atoms with E-state index >= 15 is 0 Å². The van der Waals surface area contributed by atoms with Crippen LogP contribution in [0.3, 0.4) is 0 Å². The highest BCUT2D eigenvalue weighted by molar-refractivity contribution is 5.49. The van der Waals surface area contributed by atoms with Gasteiger partial charge in [0.1, 0.15) is 6.26 Å². The molecule has 0 unspecified atom stereocenters. The summed E-state index contributed by atoms with van der Waals surface area (Å²) in [4.78, 5) is 6.37. The lowest BCUT2D eigenvalue weighted by molar-refractivity contribution is 0.0343. The molecule has 104 valence electrons. The Morgan fingerprint density at radius 3 is 2.79 bits per heavy atom. The van der Waals surface area contributed by atoms with Crippen molar-refractivity contribution in [3.05, 3.63) is 24.4 Å². The third-order valence-electron chi connectivity index (χ3n) is 2.66. The van der Waals surface area contributed by atoms with Crippen molar-refractivity contribution in [2.24, 2.45) is 0 Å². The van der Waals surface area contributed by atoms with Gasteiger partial charge in [-0.3, -0.25) is 4.90 Å². The average molecular weight is 265 g/mol. The standard InChI is InChI=1S/C13H19N3O3/c1-4-16(9-13(2,3)17)7-11-14-12(19-15-11)10-5-6-18-8-10/h5-6,8,17H,4,7,9H2,1-3H3. The summed E-state index contributed by atoms with van der Waals surface area (Å²) >= 11 is 0. The van der Waals surface area contributed by atoms with Crippen LogP contribution in [-0.4, -0.2) is 38.8 Å². The summed E-state index contributed by atoms with van der Waals surface area (Å²) in [5, 5.41) is 13.8. The summed E-state index contributed by atoms with van der Waals surface area (Å²) in [6.45, 7) is 7.49. The molecule has 2 heterocycles. The fourth-order valence-corrected chi connectivity index (χ4v) is 1.85. The maximum Gasteiger partial charge on any atom is 0.261 e. The molecule has 0 saturated carbocycles. The molecule has 2 aromatic rings. The second-order valence-corrected chi connectivity index (χ2v) is 5.14. The topological polar surface area (TPSA) is 75.5 Å². The Hall–Kier alpha value is -1.66. The molecule has 0 aliphatic heterocycles. The van der Waals surface area contributed by atoms with E-state index in [0.29, 0.717) is 24.8 Å². The number of hydrogen-bond donors (Lipinski definition) is 1. The number of rotatable bonds is 6. The quantitative estimate of drug-likeness (QED) is 0.860. The predicted octanol–water partition coefficient (Wildman–Crippen LogP) is 1.92. The second-order valence-electron chi connectivity index (χ2n) is 5.14. The summed E-state index contributed by atoms with van der Waals surface area (Å²) in [7, 11) is 0. The van der Waals surface area contributed by atoms with Crippen LogP contribution < -0.4 is 0 Å². The minimum absolute atomic E-state index is 0.447. The average Bonchev–Trinajstić information content (AvgIpc) is 2.95. The molecule has 0 aliphatic carbocycles. The van der Waals surface area contributed by atoms with E-state index in [4.69, 9.17) is 8.94 Å². The second kappa shape index (κ2) is 5.54. The minimum atomic E-state index is -0.743. The zero-order valence-corrected chi connectivity index (χ0v) is 11.5. The molecule has 0 saturated heterocycles. The third kappa shape index (κ3) is 3.90. The van der Waals surface area contributed by atoms with Gasteiger partial charge >= 0.3 is 0 Å². The van der Waals surface area contributed by atoms with Crippen molar-refractivity contribution in [2.75, 3.05) is 13.1 Å². The van der Waals surface area contributed by atoms with Gasteiger partial charge in [-0.05, 0) is 26.5 Å². The van der Waals surface area contributed by atoms with Crippen LogP contribution in [0.25, 0.3) is 11.5 Å². The molecule has 0 bridgehead atoms. The van der Waals surface area contributed by atoms with Crippen molar-refractivity contribution >= 4 is 0 Å². The van der Waals surface area contributed by atoms with E-state index in [-0.39, 0.29) is 0 Å². The Kier molecular flexibility index (Phi) is 4.01. The van der Waals surface area contributed by atoms with Gasteiger partial charge in [-0.25, -0.2) is 0 Å². The first kappa shape index (κ1) is 13.8. The van der Waals surface area contributed by atoms with Crippen LogP contribution in [0.5, 0.6) is 0 Å². The summed E-state index contributed by atoms with van der Waals surface area (Å²) in [6.07, 6.45) is 3.12. The minimum Gasteiger partial charge on any atom is -0.472 e. The monoisotopic (exact) mass is 265 g/mol. The fraction of sp³-hybridized carbons (Fsp3) is 0.538. The number of likely N-dealkylation sites (N-methyl/N-ethyl adjacent to an activating group) is 1. The highest BCUT2D eigenvalue weighted by Crippen LogP contribution is 2.17. The van der Waals surface area contributed by atoms with Crippen molar-refractivity contribution in [1.29, 1.82) is 0 Å².